The molecular weight excluding hydrogens is 328 g/mol. The molecule has 164 valence electrons. The summed E-state index contributed by atoms with van der Waals surface area (Å²) in [4.78, 5) is 0. The fourth-order valence-electron chi connectivity index (χ4n) is 7.69. The van der Waals surface area contributed by atoms with E-state index in [9.17, 15) is 0 Å². The molecule has 0 radical (unpaired) electrons. The van der Waals surface area contributed by atoms with E-state index >= 15 is 0 Å². The number of rotatable bonds is 3. The van der Waals surface area contributed by atoms with Gasteiger partial charge in [-0.15, -0.1) is 0 Å². The van der Waals surface area contributed by atoms with Crippen LogP contribution < -0.4 is 0 Å². The molecule has 0 aliphatic heterocycles. The molecule has 2 N–H and O–H groups in total. The molecule has 1 nitrogen and oxygen atoms in total. The first-order chi connectivity index (χ1) is 12.7. The average Bonchev–Trinajstić information content (AvgIpc) is 2.70. The second kappa shape index (κ2) is 10.1. The van der Waals surface area contributed by atoms with Gasteiger partial charge in [0.05, 0.1) is 0 Å². The van der Waals surface area contributed by atoms with Gasteiger partial charge in [0.2, 0.25) is 0 Å². The summed E-state index contributed by atoms with van der Waals surface area (Å²) < 4.78 is 0. The van der Waals surface area contributed by atoms with E-state index in [1.165, 1.54) is 25.7 Å². The van der Waals surface area contributed by atoms with Gasteiger partial charge in [-0.1, -0.05) is 39.5 Å². The van der Waals surface area contributed by atoms with E-state index in [1.807, 2.05) is 0 Å². The zero-order valence-electron chi connectivity index (χ0n) is 18.4. The Bertz CT molecular complexity index is 374. The van der Waals surface area contributed by atoms with Crippen LogP contribution in [-0.2, 0) is 0 Å². The van der Waals surface area contributed by atoms with Crippen molar-refractivity contribution in [3.8, 4) is 0 Å². The third-order valence-corrected chi connectivity index (χ3v) is 9.75. The van der Waals surface area contributed by atoms with Crippen molar-refractivity contribution in [3.05, 3.63) is 0 Å². The predicted molar refractivity (Wildman–Crippen MR) is 123 cm³/mol. The van der Waals surface area contributed by atoms with Crippen LogP contribution in [0.5, 0.6) is 0 Å². The largest absolute Gasteiger partial charge is 0.412 e. The molecule has 0 amide bonds. The van der Waals surface area contributed by atoms with Gasteiger partial charge in [-0.25, -0.2) is 0 Å². The Balaban J connectivity index is 0.00000210. The van der Waals surface area contributed by atoms with Gasteiger partial charge in [-0.3, -0.25) is 0 Å². The van der Waals surface area contributed by atoms with Crippen molar-refractivity contribution in [2.45, 2.75) is 117 Å². The minimum absolute atomic E-state index is 0. The Hall–Kier alpha value is -0.0400. The van der Waals surface area contributed by atoms with Crippen molar-refractivity contribution >= 4 is 0 Å². The molecule has 4 saturated carbocycles. The van der Waals surface area contributed by atoms with Crippen LogP contribution in [0, 0.1) is 47.3 Å². The minimum atomic E-state index is 0. The van der Waals surface area contributed by atoms with Crippen molar-refractivity contribution in [1.29, 1.82) is 0 Å². The van der Waals surface area contributed by atoms with Crippen LogP contribution in [-0.4, -0.2) is 5.48 Å². The summed E-state index contributed by atoms with van der Waals surface area (Å²) in [6, 6.07) is 0. The molecule has 0 spiro atoms. The van der Waals surface area contributed by atoms with Crippen molar-refractivity contribution in [2.75, 3.05) is 0 Å². The standard InChI is InChI=1S/C26H46.H2O.3H2/c1-19-3-7-21(8-4-19)23-11-15-25(16-12-23)26-17-13-24(14-18-26)22-9-5-20(2)6-10-22;;;;/h19-26H,3-18H2,1-2H3;1H2;3*1H. The van der Waals surface area contributed by atoms with Gasteiger partial charge in [0, 0.05) is 4.28 Å². The van der Waals surface area contributed by atoms with Crippen LogP contribution in [0.15, 0.2) is 0 Å². The summed E-state index contributed by atoms with van der Waals surface area (Å²) in [5.74, 6) is 8.70. The molecule has 0 heterocycles. The van der Waals surface area contributed by atoms with Gasteiger partial charge in [0.15, 0.2) is 0 Å². The fourth-order valence-corrected chi connectivity index (χ4v) is 7.69. The van der Waals surface area contributed by atoms with Crippen molar-refractivity contribution in [2.24, 2.45) is 47.3 Å². The molecule has 0 aromatic heterocycles. The lowest BCUT2D eigenvalue weighted by molar-refractivity contribution is 0.0876. The third kappa shape index (κ3) is 5.52. The molecule has 0 bridgehead atoms. The van der Waals surface area contributed by atoms with Crippen LogP contribution >= 0.6 is 0 Å². The third-order valence-electron chi connectivity index (χ3n) is 9.75. The van der Waals surface area contributed by atoms with E-state index in [0.29, 0.717) is 0 Å². The van der Waals surface area contributed by atoms with Crippen molar-refractivity contribution in [3.63, 3.8) is 0 Å². The molecule has 0 aromatic rings. The van der Waals surface area contributed by atoms with E-state index in [0.717, 1.165) is 47.3 Å². The molecule has 0 aromatic carbocycles. The Morgan fingerprint density at radius 3 is 0.667 bits per heavy atom. The molecular formula is C26H54O. The SMILES string of the molecule is CC1CCC(C2CCC(C3CCC(C4CCC(C)CC4)CC3)CC2)CC1.O.[HH].[HH].[HH]. The smallest absolute Gasteiger partial charge is 0 e. The van der Waals surface area contributed by atoms with E-state index in [1.54, 1.807) is 77.0 Å². The lowest BCUT2D eigenvalue weighted by Crippen LogP contribution is -2.31. The average molecular weight is 383 g/mol. The molecule has 0 unspecified atom stereocenters. The predicted octanol–water partition coefficient (Wildman–Crippen LogP) is 8.17. The van der Waals surface area contributed by atoms with Gasteiger partial charge >= 0.3 is 0 Å². The molecule has 4 aliphatic carbocycles. The highest BCUT2D eigenvalue weighted by Gasteiger charge is 2.36. The first-order valence-electron chi connectivity index (χ1n) is 12.7. The van der Waals surface area contributed by atoms with Crippen LogP contribution in [0.4, 0.5) is 0 Å². The zero-order valence-corrected chi connectivity index (χ0v) is 18.4. The highest BCUT2D eigenvalue weighted by molar-refractivity contribution is 4.87. The maximum Gasteiger partial charge on any atom is 0 e. The molecule has 4 aliphatic rings. The Morgan fingerprint density at radius 1 is 0.333 bits per heavy atom. The van der Waals surface area contributed by atoms with Crippen LogP contribution in [0.3, 0.4) is 0 Å². The van der Waals surface area contributed by atoms with Gasteiger partial charge < -0.3 is 5.48 Å². The fraction of sp³-hybridized carbons (Fsp3) is 1.00. The molecule has 0 atom stereocenters. The Labute approximate surface area is 174 Å². The van der Waals surface area contributed by atoms with Gasteiger partial charge in [-0.2, -0.15) is 0 Å². The van der Waals surface area contributed by atoms with E-state index in [2.05, 4.69) is 13.8 Å². The van der Waals surface area contributed by atoms with Crippen LogP contribution in [0.1, 0.15) is 121 Å². The van der Waals surface area contributed by atoms with Crippen molar-refractivity contribution in [1.82, 2.24) is 0 Å². The molecule has 1 heteroatoms. The summed E-state index contributed by atoms with van der Waals surface area (Å²) in [5, 5.41) is 0. The maximum atomic E-state index is 2.47. The monoisotopic (exact) mass is 382 g/mol. The number of hydrogen-bond donors (Lipinski definition) is 0. The van der Waals surface area contributed by atoms with E-state index < -0.39 is 0 Å². The van der Waals surface area contributed by atoms with Gasteiger partial charge in [-0.05, 0) is 124 Å². The molecule has 4 fully saturated rings. The molecule has 0 saturated heterocycles. The normalized spacial score (nSPS) is 46.4. The van der Waals surface area contributed by atoms with Gasteiger partial charge in [0.25, 0.3) is 0 Å². The quantitative estimate of drug-likeness (QED) is 0.471. The second-order valence-electron chi connectivity index (χ2n) is 11.4. The maximum absolute atomic E-state index is 2.47. The zero-order chi connectivity index (χ0) is 17.9. The van der Waals surface area contributed by atoms with Gasteiger partial charge in [0.1, 0.15) is 0 Å². The Kier molecular flexibility index (Phi) is 8.13. The first kappa shape index (κ1) is 21.7. The lowest BCUT2D eigenvalue weighted by Gasteiger charge is -2.42. The molecule has 4 rings (SSSR count). The summed E-state index contributed by atoms with van der Waals surface area (Å²) >= 11 is 0. The van der Waals surface area contributed by atoms with Crippen LogP contribution in [0.2, 0.25) is 0 Å². The van der Waals surface area contributed by atoms with E-state index in [-0.39, 0.29) is 9.76 Å². The minimum Gasteiger partial charge on any atom is -0.412 e. The summed E-state index contributed by atoms with van der Waals surface area (Å²) in [5.41, 5.74) is 0. The highest BCUT2D eigenvalue weighted by atomic mass is 16.0. The van der Waals surface area contributed by atoms with E-state index in [4.69, 9.17) is 0 Å². The summed E-state index contributed by atoms with van der Waals surface area (Å²) in [6.45, 7) is 4.94. The topological polar surface area (TPSA) is 31.5 Å². The second-order valence-corrected chi connectivity index (χ2v) is 11.4. The highest BCUT2D eigenvalue weighted by Crippen LogP contribution is 2.48. The summed E-state index contributed by atoms with van der Waals surface area (Å²) in [7, 11) is 0. The van der Waals surface area contributed by atoms with Crippen molar-refractivity contribution < 1.29 is 9.76 Å². The van der Waals surface area contributed by atoms with Crippen LogP contribution in [0.25, 0.3) is 0 Å². The Morgan fingerprint density at radius 2 is 0.481 bits per heavy atom. The first-order valence-corrected chi connectivity index (χ1v) is 12.7. The summed E-state index contributed by atoms with van der Waals surface area (Å²) in [6.07, 6.45) is 25.0. The number of hydrogen-bond acceptors (Lipinski definition) is 0. The lowest BCUT2D eigenvalue weighted by atomic mass is 9.63. The molecule has 27 heavy (non-hydrogen) atoms.